The Balaban J connectivity index is 2.07. The molecule has 1 aliphatic heterocycles. The van der Waals surface area contributed by atoms with Gasteiger partial charge in [0.05, 0.1) is 18.9 Å². The molecule has 0 aromatic carbocycles. The quantitative estimate of drug-likeness (QED) is 0.677. The summed E-state index contributed by atoms with van der Waals surface area (Å²) in [5.74, 6) is -1.47. The Hall–Kier alpha value is -1.22. The number of carboxylic acids is 1. The lowest BCUT2D eigenvalue weighted by Gasteiger charge is -2.26. The zero-order valence-corrected chi connectivity index (χ0v) is 10.3. The number of nitrogens with zero attached hydrogens (tertiary/aromatic N) is 2. The van der Waals surface area contributed by atoms with Crippen molar-refractivity contribution < 1.29 is 24.9 Å². The van der Waals surface area contributed by atoms with E-state index in [2.05, 4.69) is 4.98 Å². The smallest absolute Gasteiger partial charge is 0.335 e. The Bertz CT molecular complexity index is 418. The van der Waals surface area contributed by atoms with Gasteiger partial charge in [-0.25, -0.2) is 9.78 Å². The Morgan fingerprint density at radius 1 is 1.44 bits per heavy atom. The van der Waals surface area contributed by atoms with Gasteiger partial charge in [-0.1, -0.05) is 0 Å². The minimum absolute atomic E-state index is 0.177. The van der Waals surface area contributed by atoms with Crippen LogP contribution in [0.2, 0.25) is 0 Å². The second kappa shape index (κ2) is 5.61. The Labute approximate surface area is 107 Å². The van der Waals surface area contributed by atoms with Crippen molar-refractivity contribution >= 4 is 22.4 Å². The molecule has 0 spiro atoms. The number of hydrogen-bond acceptors (Lipinski definition) is 7. The molecule has 18 heavy (non-hydrogen) atoms. The van der Waals surface area contributed by atoms with Crippen molar-refractivity contribution in [2.24, 2.45) is 0 Å². The first kappa shape index (κ1) is 13.2. The first-order valence-electron chi connectivity index (χ1n) is 5.46. The van der Waals surface area contributed by atoms with Crippen LogP contribution in [0.4, 0.5) is 5.13 Å². The fourth-order valence-corrected chi connectivity index (χ4v) is 2.52. The normalized spacial score (nSPS) is 19.6. The van der Waals surface area contributed by atoms with E-state index in [0.717, 1.165) is 0 Å². The van der Waals surface area contributed by atoms with Crippen LogP contribution in [0.5, 0.6) is 0 Å². The molecule has 0 aliphatic carbocycles. The molecule has 100 valence electrons. The number of anilines is 1. The molecule has 1 fully saturated rings. The number of carboxylic acid groups (broad SMARTS) is 1. The standard InChI is InChI=1S/C10H14N2O5S/c13-7(8(14)9(15)16)6-5-18-10(11-6)12-1-3-17-4-2-12/h5,7-8,13-14H,1-4H2,(H,15,16). The molecule has 7 nitrogen and oxygen atoms in total. The third kappa shape index (κ3) is 2.78. The zero-order valence-electron chi connectivity index (χ0n) is 9.52. The molecule has 1 aromatic rings. The summed E-state index contributed by atoms with van der Waals surface area (Å²) in [5, 5.41) is 29.8. The SMILES string of the molecule is O=C(O)C(O)C(O)c1csc(N2CCOCC2)n1. The number of aliphatic hydroxyl groups excluding tert-OH is 2. The number of morpholine rings is 1. The minimum atomic E-state index is -1.86. The highest BCUT2D eigenvalue weighted by Crippen LogP contribution is 2.26. The predicted molar refractivity (Wildman–Crippen MR) is 63.7 cm³/mol. The number of rotatable bonds is 4. The van der Waals surface area contributed by atoms with Crippen molar-refractivity contribution in [1.29, 1.82) is 0 Å². The van der Waals surface area contributed by atoms with Crippen molar-refractivity contribution in [2.75, 3.05) is 31.2 Å². The van der Waals surface area contributed by atoms with E-state index >= 15 is 0 Å². The molecule has 0 radical (unpaired) electrons. The van der Waals surface area contributed by atoms with Crippen molar-refractivity contribution in [1.82, 2.24) is 4.98 Å². The molecule has 1 aliphatic rings. The highest BCUT2D eigenvalue weighted by atomic mass is 32.1. The van der Waals surface area contributed by atoms with Crippen LogP contribution in [-0.4, -0.2) is 58.7 Å². The summed E-state index contributed by atoms with van der Waals surface area (Å²) in [6, 6.07) is 0. The highest BCUT2D eigenvalue weighted by molar-refractivity contribution is 7.13. The van der Waals surface area contributed by atoms with Gasteiger partial charge in [-0.2, -0.15) is 0 Å². The Morgan fingerprint density at radius 3 is 2.72 bits per heavy atom. The molecule has 2 rings (SSSR count). The van der Waals surface area contributed by atoms with Crippen LogP contribution >= 0.6 is 11.3 Å². The van der Waals surface area contributed by atoms with E-state index in [1.54, 1.807) is 5.38 Å². The van der Waals surface area contributed by atoms with Crippen LogP contribution < -0.4 is 4.90 Å². The average Bonchev–Trinajstić information content (AvgIpc) is 2.87. The van der Waals surface area contributed by atoms with Gasteiger partial charge in [-0.15, -0.1) is 11.3 Å². The average molecular weight is 274 g/mol. The third-order valence-electron chi connectivity index (χ3n) is 2.65. The van der Waals surface area contributed by atoms with Crippen LogP contribution in [-0.2, 0) is 9.53 Å². The van der Waals surface area contributed by atoms with Crippen molar-refractivity contribution in [2.45, 2.75) is 12.2 Å². The van der Waals surface area contributed by atoms with Gasteiger partial charge in [0.25, 0.3) is 0 Å². The molecular formula is C10H14N2O5S. The van der Waals surface area contributed by atoms with Gasteiger partial charge in [0.2, 0.25) is 0 Å². The summed E-state index contributed by atoms with van der Waals surface area (Å²) in [6.45, 7) is 2.67. The number of aromatic nitrogens is 1. The molecule has 0 saturated carbocycles. The van der Waals surface area contributed by atoms with Crippen LogP contribution in [0.3, 0.4) is 0 Å². The van der Waals surface area contributed by atoms with Gasteiger partial charge < -0.3 is 25.0 Å². The lowest BCUT2D eigenvalue weighted by Crippen LogP contribution is -2.36. The third-order valence-corrected chi connectivity index (χ3v) is 3.57. The lowest BCUT2D eigenvalue weighted by atomic mass is 10.1. The maximum Gasteiger partial charge on any atom is 0.335 e. The number of ether oxygens (including phenoxy) is 1. The Morgan fingerprint density at radius 2 is 2.11 bits per heavy atom. The van der Waals surface area contributed by atoms with E-state index in [0.29, 0.717) is 31.4 Å². The predicted octanol–water partition coefficient (Wildman–Crippen LogP) is -0.541. The zero-order chi connectivity index (χ0) is 13.1. The molecule has 1 aromatic heterocycles. The molecule has 0 bridgehead atoms. The van der Waals surface area contributed by atoms with Crippen LogP contribution in [0.15, 0.2) is 5.38 Å². The number of aliphatic carboxylic acids is 1. The number of thiazole rings is 1. The summed E-state index contributed by atoms with van der Waals surface area (Å²) in [4.78, 5) is 16.7. The largest absolute Gasteiger partial charge is 0.479 e. The number of carbonyl (C=O) groups is 1. The van der Waals surface area contributed by atoms with Gasteiger partial charge in [0, 0.05) is 18.5 Å². The monoisotopic (exact) mass is 274 g/mol. The van der Waals surface area contributed by atoms with E-state index in [4.69, 9.17) is 9.84 Å². The van der Waals surface area contributed by atoms with Gasteiger partial charge in [0.15, 0.2) is 11.2 Å². The van der Waals surface area contributed by atoms with Gasteiger partial charge in [-0.3, -0.25) is 0 Å². The van der Waals surface area contributed by atoms with Crippen LogP contribution in [0.1, 0.15) is 11.8 Å². The van der Waals surface area contributed by atoms with Crippen molar-refractivity contribution in [3.63, 3.8) is 0 Å². The minimum Gasteiger partial charge on any atom is -0.479 e. The summed E-state index contributed by atoms with van der Waals surface area (Å²) in [7, 11) is 0. The first-order valence-corrected chi connectivity index (χ1v) is 6.34. The van der Waals surface area contributed by atoms with Gasteiger partial charge >= 0.3 is 5.97 Å². The molecule has 0 amide bonds. The summed E-state index contributed by atoms with van der Waals surface area (Å²) in [6.07, 6.45) is -3.36. The molecule has 2 unspecified atom stereocenters. The summed E-state index contributed by atoms with van der Waals surface area (Å²) in [5.41, 5.74) is 0.177. The van der Waals surface area contributed by atoms with E-state index in [9.17, 15) is 15.0 Å². The van der Waals surface area contributed by atoms with E-state index in [1.165, 1.54) is 11.3 Å². The fourth-order valence-electron chi connectivity index (χ4n) is 1.61. The maximum atomic E-state index is 10.6. The van der Waals surface area contributed by atoms with Crippen molar-refractivity contribution in [3.8, 4) is 0 Å². The van der Waals surface area contributed by atoms with Crippen LogP contribution in [0, 0.1) is 0 Å². The number of aliphatic hydroxyl groups is 2. The van der Waals surface area contributed by atoms with E-state index in [1.807, 2.05) is 4.90 Å². The molecule has 2 heterocycles. The Kier molecular flexibility index (Phi) is 4.12. The molecule has 3 N–H and O–H groups in total. The molecule has 8 heteroatoms. The van der Waals surface area contributed by atoms with Gasteiger partial charge in [0.1, 0.15) is 6.10 Å². The molecule has 1 saturated heterocycles. The maximum absolute atomic E-state index is 10.6. The van der Waals surface area contributed by atoms with E-state index < -0.39 is 18.2 Å². The lowest BCUT2D eigenvalue weighted by molar-refractivity contribution is -0.153. The van der Waals surface area contributed by atoms with Crippen LogP contribution in [0.25, 0.3) is 0 Å². The second-order valence-electron chi connectivity index (χ2n) is 3.88. The van der Waals surface area contributed by atoms with Crippen molar-refractivity contribution in [3.05, 3.63) is 11.1 Å². The topological polar surface area (TPSA) is 103 Å². The van der Waals surface area contributed by atoms with E-state index in [-0.39, 0.29) is 5.69 Å². The molecular weight excluding hydrogens is 260 g/mol. The highest BCUT2D eigenvalue weighted by Gasteiger charge is 2.28. The first-order chi connectivity index (χ1) is 8.59. The van der Waals surface area contributed by atoms with Gasteiger partial charge in [-0.05, 0) is 0 Å². The fraction of sp³-hybridized carbons (Fsp3) is 0.600. The summed E-state index contributed by atoms with van der Waals surface area (Å²) >= 11 is 1.31. The molecule has 2 atom stereocenters. The number of hydrogen-bond donors (Lipinski definition) is 3. The second-order valence-corrected chi connectivity index (χ2v) is 4.72. The summed E-state index contributed by atoms with van der Waals surface area (Å²) < 4.78 is 5.21.